The average molecular weight is 433 g/mol. The first kappa shape index (κ1) is 21.2. The lowest BCUT2D eigenvalue weighted by Gasteiger charge is -2.17. The van der Waals surface area contributed by atoms with Gasteiger partial charge in [0, 0.05) is 30.9 Å². The smallest absolute Gasteiger partial charge is 0.291 e. The Labute approximate surface area is 185 Å². The molecule has 0 radical (unpaired) electrons. The summed E-state index contributed by atoms with van der Waals surface area (Å²) in [6, 6.07) is 17.6. The van der Waals surface area contributed by atoms with Crippen LogP contribution in [0.3, 0.4) is 0 Å². The molecule has 1 aliphatic heterocycles. The fourth-order valence-electron chi connectivity index (χ4n) is 3.59. The highest BCUT2D eigenvalue weighted by molar-refractivity contribution is 6.02. The number of benzene rings is 2. The highest BCUT2D eigenvalue weighted by Gasteiger charge is 2.35. The zero-order valence-corrected chi connectivity index (χ0v) is 17.5. The van der Waals surface area contributed by atoms with E-state index in [0.29, 0.717) is 18.0 Å². The highest BCUT2D eigenvalue weighted by atomic mass is 16.5. The van der Waals surface area contributed by atoms with Gasteiger partial charge >= 0.3 is 0 Å². The lowest BCUT2D eigenvalue weighted by Crippen LogP contribution is -2.32. The van der Waals surface area contributed by atoms with Crippen molar-refractivity contribution in [3.63, 3.8) is 0 Å². The van der Waals surface area contributed by atoms with Gasteiger partial charge in [0.1, 0.15) is 5.75 Å². The minimum Gasteiger partial charge on any atom is -0.497 e. The van der Waals surface area contributed by atoms with E-state index in [2.05, 4.69) is 10.6 Å². The average Bonchev–Trinajstić information content (AvgIpc) is 3.48. The monoisotopic (exact) mass is 433 g/mol. The molecule has 1 aromatic heterocycles. The molecule has 1 aliphatic rings. The molecule has 8 nitrogen and oxygen atoms in total. The molecular formula is C24H23N3O5. The first-order valence-electron chi connectivity index (χ1n) is 10.2. The van der Waals surface area contributed by atoms with Crippen LogP contribution in [0.25, 0.3) is 0 Å². The summed E-state index contributed by atoms with van der Waals surface area (Å²) in [5.41, 5.74) is 2.16. The first-order valence-corrected chi connectivity index (χ1v) is 10.2. The number of ether oxygens (including phenoxy) is 1. The summed E-state index contributed by atoms with van der Waals surface area (Å²) in [4.78, 5) is 38.8. The van der Waals surface area contributed by atoms with E-state index in [1.807, 2.05) is 6.07 Å². The predicted molar refractivity (Wildman–Crippen MR) is 118 cm³/mol. The van der Waals surface area contributed by atoms with Gasteiger partial charge in [0.05, 0.1) is 19.3 Å². The summed E-state index contributed by atoms with van der Waals surface area (Å²) in [7, 11) is 1.58. The summed E-state index contributed by atoms with van der Waals surface area (Å²) in [5, 5.41) is 5.65. The number of nitrogens with zero attached hydrogens (tertiary/aromatic N) is 1. The van der Waals surface area contributed by atoms with E-state index in [1.165, 1.54) is 6.26 Å². The van der Waals surface area contributed by atoms with E-state index in [0.717, 1.165) is 11.3 Å². The number of methoxy groups -OCH3 is 1. The fourth-order valence-corrected chi connectivity index (χ4v) is 3.59. The molecule has 8 heteroatoms. The third-order valence-electron chi connectivity index (χ3n) is 5.28. The quantitative estimate of drug-likeness (QED) is 0.596. The van der Waals surface area contributed by atoms with E-state index in [-0.39, 0.29) is 36.4 Å². The van der Waals surface area contributed by atoms with Crippen LogP contribution in [-0.4, -0.2) is 31.4 Å². The normalized spacial score (nSPS) is 15.5. The molecule has 2 heterocycles. The second-order valence-corrected chi connectivity index (χ2v) is 7.45. The van der Waals surface area contributed by atoms with Crippen molar-refractivity contribution in [2.45, 2.75) is 13.0 Å². The molecule has 0 spiro atoms. The standard InChI is InChI=1S/C24H23N3O5/c1-31-20-9-7-19(8-10-20)27-15-17(13-22(27)28)23(29)25-14-16-4-2-5-18(12-16)26-24(30)21-6-3-11-32-21/h2-12,17H,13-15H2,1H3,(H,25,29)(H,26,30). The minimum absolute atomic E-state index is 0.0852. The second kappa shape index (κ2) is 9.38. The van der Waals surface area contributed by atoms with E-state index in [1.54, 1.807) is 66.6 Å². The summed E-state index contributed by atoms with van der Waals surface area (Å²) in [5.74, 6) is -0.114. The molecule has 3 amide bonds. The van der Waals surface area contributed by atoms with Gasteiger partial charge in [-0.05, 0) is 54.1 Å². The van der Waals surface area contributed by atoms with Crippen LogP contribution < -0.4 is 20.3 Å². The highest BCUT2D eigenvalue weighted by Crippen LogP contribution is 2.27. The Kier molecular flexibility index (Phi) is 6.21. The van der Waals surface area contributed by atoms with Crippen LogP contribution in [0.4, 0.5) is 11.4 Å². The zero-order chi connectivity index (χ0) is 22.5. The van der Waals surface area contributed by atoms with Gasteiger partial charge in [-0.2, -0.15) is 0 Å². The van der Waals surface area contributed by atoms with Gasteiger partial charge in [-0.15, -0.1) is 0 Å². The molecule has 2 aromatic carbocycles. The summed E-state index contributed by atoms with van der Waals surface area (Å²) < 4.78 is 10.2. The molecule has 164 valence electrons. The van der Waals surface area contributed by atoms with Crippen LogP contribution in [0.2, 0.25) is 0 Å². The van der Waals surface area contributed by atoms with Crippen molar-refractivity contribution in [2.24, 2.45) is 5.92 Å². The van der Waals surface area contributed by atoms with Crippen molar-refractivity contribution in [1.82, 2.24) is 5.32 Å². The number of amides is 3. The van der Waals surface area contributed by atoms with Crippen LogP contribution >= 0.6 is 0 Å². The van der Waals surface area contributed by atoms with Gasteiger partial charge in [0.2, 0.25) is 11.8 Å². The molecule has 32 heavy (non-hydrogen) atoms. The van der Waals surface area contributed by atoms with Gasteiger partial charge in [0.25, 0.3) is 5.91 Å². The Morgan fingerprint density at radius 2 is 1.94 bits per heavy atom. The minimum atomic E-state index is -0.425. The topological polar surface area (TPSA) is 101 Å². The number of carbonyl (C=O) groups excluding carboxylic acids is 3. The maximum Gasteiger partial charge on any atom is 0.291 e. The largest absolute Gasteiger partial charge is 0.497 e. The Bertz CT molecular complexity index is 1110. The first-order chi connectivity index (χ1) is 15.5. The molecule has 0 bridgehead atoms. The van der Waals surface area contributed by atoms with Crippen molar-refractivity contribution >= 4 is 29.1 Å². The SMILES string of the molecule is COc1ccc(N2CC(C(=O)NCc3cccc(NC(=O)c4ccco4)c3)CC2=O)cc1. The summed E-state index contributed by atoms with van der Waals surface area (Å²) in [6.07, 6.45) is 1.60. The van der Waals surface area contributed by atoms with Crippen molar-refractivity contribution < 1.29 is 23.5 Å². The van der Waals surface area contributed by atoms with Crippen LogP contribution in [0.1, 0.15) is 22.5 Å². The third-order valence-corrected chi connectivity index (χ3v) is 5.28. The van der Waals surface area contributed by atoms with Crippen molar-refractivity contribution in [3.05, 3.63) is 78.3 Å². The number of anilines is 2. The maximum absolute atomic E-state index is 12.7. The van der Waals surface area contributed by atoms with Crippen molar-refractivity contribution in [2.75, 3.05) is 23.9 Å². The molecule has 1 saturated heterocycles. The van der Waals surface area contributed by atoms with Gasteiger partial charge < -0.3 is 24.7 Å². The number of furan rings is 1. The molecule has 0 aliphatic carbocycles. The van der Waals surface area contributed by atoms with Crippen LogP contribution in [0.5, 0.6) is 5.75 Å². The van der Waals surface area contributed by atoms with E-state index in [4.69, 9.17) is 9.15 Å². The third kappa shape index (κ3) is 4.80. The number of hydrogen-bond acceptors (Lipinski definition) is 5. The van der Waals surface area contributed by atoms with Gasteiger partial charge in [-0.3, -0.25) is 14.4 Å². The van der Waals surface area contributed by atoms with Crippen LogP contribution in [0.15, 0.2) is 71.3 Å². The van der Waals surface area contributed by atoms with Crippen molar-refractivity contribution in [3.8, 4) is 5.75 Å². The number of rotatable bonds is 7. The molecule has 4 rings (SSSR count). The van der Waals surface area contributed by atoms with Crippen LogP contribution in [-0.2, 0) is 16.1 Å². The molecule has 1 unspecified atom stereocenters. The number of hydrogen-bond donors (Lipinski definition) is 2. The molecule has 3 aromatic rings. The Hall–Kier alpha value is -4.07. The second-order valence-electron chi connectivity index (χ2n) is 7.45. The Morgan fingerprint density at radius 1 is 1.12 bits per heavy atom. The molecule has 0 saturated carbocycles. The fraction of sp³-hybridized carbons (Fsp3) is 0.208. The number of nitrogens with one attached hydrogen (secondary N) is 2. The summed E-state index contributed by atoms with van der Waals surface area (Å²) in [6.45, 7) is 0.618. The Morgan fingerprint density at radius 3 is 2.66 bits per heavy atom. The molecule has 1 fully saturated rings. The summed E-state index contributed by atoms with van der Waals surface area (Å²) >= 11 is 0. The van der Waals surface area contributed by atoms with E-state index in [9.17, 15) is 14.4 Å². The molecule has 1 atom stereocenters. The van der Waals surface area contributed by atoms with E-state index >= 15 is 0 Å². The van der Waals surface area contributed by atoms with Gasteiger partial charge in [-0.25, -0.2) is 0 Å². The van der Waals surface area contributed by atoms with E-state index < -0.39 is 5.92 Å². The zero-order valence-electron chi connectivity index (χ0n) is 17.5. The maximum atomic E-state index is 12.7. The lowest BCUT2D eigenvalue weighted by atomic mass is 10.1. The number of carbonyl (C=O) groups is 3. The predicted octanol–water partition coefficient (Wildman–Crippen LogP) is 3.21. The molecular weight excluding hydrogens is 410 g/mol. The van der Waals surface area contributed by atoms with Crippen LogP contribution in [0, 0.1) is 5.92 Å². The van der Waals surface area contributed by atoms with Crippen molar-refractivity contribution in [1.29, 1.82) is 0 Å². The lowest BCUT2D eigenvalue weighted by molar-refractivity contribution is -0.126. The van der Waals surface area contributed by atoms with Gasteiger partial charge in [0.15, 0.2) is 5.76 Å². The van der Waals surface area contributed by atoms with Gasteiger partial charge in [-0.1, -0.05) is 12.1 Å². The Balaban J connectivity index is 1.32. The molecule has 2 N–H and O–H groups in total.